The van der Waals surface area contributed by atoms with Crippen molar-refractivity contribution in [3.63, 3.8) is 0 Å². The average molecular weight is 712 g/mol. The fraction of sp³-hybridized carbons (Fsp3) is 0.977. The lowest BCUT2D eigenvalue weighted by Crippen LogP contribution is -2.39. The summed E-state index contributed by atoms with van der Waals surface area (Å²) in [6.07, 6.45) is 29.8. The van der Waals surface area contributed by atoms with Gasteiger partial charge in [0.05, 0.1) is 32.0 Å². The minimum absolute atomic E-state index is 0.177. The molecule has 300 valence electrons. The van der Waals surface area contributed by atoms with Crippen molar-refractivity contribution in [3.8, 4) is 0 Å². The smallest absolute Gasteiger partial charge is 0.188 e. The summed E-state index contributed by atoms with van der Waals surface area (Å²) in [6.45, 7) is 16.3. The lowest BCUT2D eigenvalue weighted by molar-refractivity contribution is 0.0297. The molecule has 0 saturated carbocycles. The number of ether oxygens (including phenoxy) is 2. The van der Waals surface area contributed by atoms with Gasteiger partial charge in [-0.25, -0.2) is 0 Å². The normalized spacial score (nSPS) is 15.9. The molecule has 0 aliphatic heterocycles. The summed E-state index contributed by atoms with van der Waals surface area (Å²) in [7, 11) is 0. The number of guanidine groups is 1. The van der Waals surface area contributed by atoms with Crippen LogP contribution in [-0.2, 0) is 9.47 Å². The Labute approximate surface area is 312 Å². The molecule has 0 rings (SSSR count). The summed E-state index contributed by atoms with van der Waals surface area (Å²) in [5.41, 5.74) is 6.03. The molecule has 6 atom stereocenters. The van der Waals surface area contributed by atoms with Gasteiger partial charge >= 0.3 is 0 Å². The average Bonchev–Trinajstić information content (AvgIpc) is 3.11. The number of hydrogen-bond acceptors (Lipinski definition) is 5. The minimum atomic E-state index is -0.698. The van der Waals surface area contributed by atoms with Gasteiger partial charge in [-0.3, -0.25) is 4.99 Å². The zero-order chi connectivity index (χ0) is 37.1. The predicted octanol–water partition coefficient (Wildman–Crippen LogP) is 10.6. The Morgan fingerprint density at radius 3 is 1.38 bits per heavy atom. The number of unbranched alkanes of at least 4 members (excludes halogenated alkanes) is 14. The largest absolute Gasteiger partial charge is 0.389 e. The number of aliphatic imine (C=N–C) groups is 1. The van der Waals surface area contributed by atoms with Crippen LogP contribution in [0.3, 0.4) is 0 Å². The van der Waals surface area contributed by atoms with Gasteiger partial charge in [0.25, 0.3) is 0 Å². The Balaban J connectivity index is 4.38. The number of nitrogens with zero attached hydrogens (tertiary/aromatic N) is 1. The molecule has 0 radical (unpaired) electrons. The summed E-state index contributed by atoms with van der Waals surface area (Å²) in [4.78, 5) is 4.27. The Bertz CT molecular complexity index is 724. The molecule has 5 N–H and O–H groups in total. The van der Waals surface area contributed by atoms with E-state index in [1.54, 1.807) is 0 Å². The van der Waals surface area contributed by atoms with Crippen LogP contribution in [0.1, 0.15) is 196 Å². The van der Waals surface area contributed by atoms with Gasteiger partial charge in [-0.05, 0) is 36.5 Å². The molecular formula is C43H89N3O4. The fourth-order valence-corrected chi connectivity index (χ4v) is 7.21. The summed E-state index contributed by atoms with van der Waals surface area (Å²) in [6, 6.07) is 0. The third-order valence-electron chi connectivity index (χ3n) is 10.9. The van der Waals surface area contributed by atoms with E-state index in [-0.39, 0.29) is 32.3 Å². The SMILES string of the molecule is CCCCCCCCC(CCOCC(O)CN=C(N)NCC(O)COCCC(CCCCCCCC)C(C)CCCCC)C(C)CCCCC. The first kappa shape index (κ1) is 49.1. The molecule has 7 nitrogen and oxygen atoms in total. The number of nitrogens with one attached hydrogen (secondary N) is 1. The molecule has 0 fully saturated rings. The standard InChI is InChI=1S/C43H89N3O4/c1-7-11-15-17-19-23-27-39(37(5)25-21-13-9-3)29-31-49-35-41(47)33-45-43(44)46-34-42(48)36-50-32-30-40(38(6)26-22-14-10-4)28-24-20-18-16-12-8-2/h37-42,47-48H,7-36H2,1-6H3,(H3,44,45,46). The van der Waals surface area contributed by atoms with E-state index in [0.29, 0.717) is 25.0 Å². The maximum Gasteiger partial charge on any atom is 0.188 e. The van der Waals surface area contributed by atoms with Gasteiger partial charge in [-0.2, -0.15) is 0 Å². The monoisotopic (exact) mass is 712 g/mol. The van der Waals surface area contributed by atoms with Gasteiger partial charge in [0.2, 0.25) is 0 Å². The lowest BCUT2D eigenvalue weighted by atomic mass is 9.83. The Hall–Kier alpha value is -0.890. The molecule has 0 aromatic heterocycles. The molecule has 0 aromatic rings. The fourth-order valence-electron chi connectivity index (χ4n) is 7.21. The number of nitrogens with two attached hydrogens (primary N) is 1. The van der Waals surface area contributed by atoms with Crippen LogP contribution < -0.4 is 11.1 Å². The van der Waals surface area contributed by atoms with Crippen LogP contribution in [-0.4, -0.2) is 67.9 Å². The topological polar surface area (TPSA) is 109 Å². The minimum Gasteiger partial charge on any atom is -0.389 e. The van der Waals surface area contributed by atoms with Crippen LogP contribution in [0.15, 0.2) is 4.99 Å². The van der Waals surface area contributed by atoms with Crippen molar-refractivity contribution in [3.05, 3.63) is 0 Å². The second kappa shape index (κ2) is 36.5. The first-order valence-corrected chi connectivity index (χ1v) is 21.8. The first-order valence-electron chi connectivity index (χ1n) is 21.8. The van der Waals surface area contributed by atoms with Gasteiger partial charge in [0.1, 0.15) is 0 Å². The van der Waals surface area contributed by atoms with E-state index < -0.39 is 12.2 Å². The van der Waals surface area contributed by atoms with Crippen molar-refractivity contribution in [1.29, 1.82) is 0 Å². The third kappa shape index (κ3) is 30.7. The second-order valence-corrected chi connectivity index (χ2v) is 15.7. The number of rotatable bonds is 38. The Morgan fingerprint density at radius 1 is 0.540 bits per heavy atom. The van der Waals surface area contributed by atoms with E-state index in [0.717, 1.165) is 24.7 Å². The van der Waals surface area contributed by atoms with Crippen LogP contribution in [0, 0.1) is 23.7 Å². The Morgan fingerprint density at radius 2 is 0.920 bits per heavy atom. The molecule has 0 amide bonds. The highest BCUT2D eigenvalue weighted by molar-refractivity contribution is 5.77. The van der Waals surface area contributed by atoms with Crippen molar-refractivity contribution in [1.82, 2.24) is 5.32 Å². The van der Waals surface area contributed by atoms with Crippen molar-refractivity contribution < 1.29 is 19.7 Å². The molecule has 0 heterocycles. The number of hydrogen-bond donors (Lipinski definition) is 4. The summed E-state index contributed by atoms with van der Waals surface area (Å²) in [5, 5.41) is 23.9. The van der Waals surface area contributed by atoms with Gasteiger partial charge < -0.3 is 30.7 Å². The molecule has 0 saturated heterocycles. The molecule has 0 aliphatic rings. The summed E-state index contributed by atoms with van der Waals surface area (Å²) in [5.74, 6) is 3.05. The van der Waals surface area contributed by atoms with E-state index in [1.165, 1.54) is 141 Å². The molecule has 6 unspecified atom stereocenters. The third-order valence-corrected chi connectivity index (χ3v) is 10.9. The predicted molar refractivity (Wildman–Crippen MR) is 217 cm³/mol. The number of aliphatic hydroxyl groups excluding tert-OH is 2. The second-order valence-electron chi connectivity index (χ2n) is 15.7. The van der Waals surface area contributed by atoms with E-state index in [9.17, 15) is 10.2 Å². The molecule has 0 spiro atoms. The van der Waals surface area contributed by atoms with Crippen molar-refractivity contribution in [2.45, 2.75) is 208 Å². The van der Waals surface area contributed by atoms with E-state index in [1.807, 2.05) is 0 Å². The van der Waals surface area contributed by atoms with E-state index in [4.69, 9.17) is 15.2 Å². The molecular weight excluding hydrogens is 622 g/mol. The Kier molecular flexibility index (Phi) is 35.8. The molecule has 0 bridgehead atoms. The zero-order valence-corrected chi connectivity index (χ0v) is 34.4. The molecule has 7 heteroatoms. The van der Waals surface area contributed by atoms with Crippen LogP contribution in [0.4, 0.5) is 0 Å². The van der Waals surface area contributed by atoms with Crippen molar-refractivity contribution >= 4 is 5.96 Å². The molecule has 0 aromatic carbocycles. The quantitative estimate of drug-likeness (QED) is 0.0288. The van der Waals surface area contributed by atoms with Crippen molar-refractivity contribution in [2.24, 2.45) is 34.4 Å². The first-order chi connectivity index (χ1) is 24.3. The van der Waals surface area contributed by atoms with E-state index in [2.05, 4.69) is 51.9 Å². The highest BCUT2D eigenvalue weighted by atomic mass is 16.5. The summed E-state index contributed by atoms with van der Waals surface area (Å²) >= 11 is 0. The molecule has 50 heavy (non-hydrogen) atoms. The maximum absolute atomic E-state index is 10.5. The van der Waals surface area contributed by atoms with Crippen LogP contribution in [0.5, 0.6) is 0 Å². The number of aliphatic hydroxyl groups is 2. The van der Waals surface area contributed by atoms with E-state index >= 15 is 0 Å². The van der Waals surface area contributed by atoms with Gasteiger partial charge in [0, 0.05) is 19.8 Å². The maximum atomic E-state index is 10.5. The van der Waals surface area contributed by atoms with Crippen LogP contribution in [0.2, 0.25) is 0 Å². The van der Waals surface area contributed by atoms with Gasteiger partial charge in [0.15, 0.2) is 5.96 Å². The zero-order valence-electron chi connectivity index (χ0n) is 34.4. The van der Waals surface area contributed by atoms with Crippen LogP contribution in [0.25, 0.3) is 0 Å². The van der Waals surface area contributed by atoms with Gasteiger partial charge in [-0.1, -0.05) is 183 Å². The summed E-state index contributed by atoms with van der Waals surface area (Å²) < 4.78 is 11.8. The molecule has 0 aliphatic carbocycles. The highest BCUT2D eigenvalue weighted by Gasteiger charge is 2.19. The lowest BCUT2D eigenvalue weighted by Gasteiger charge is -2.24. The van der Waals surface area contributed by atoms with Crippen molar-refractivity contribution in [2.75, 3.05) is 39.5 Å². The van der Waals surface area contributed by atoms with Crippen LogP contribution >= 0.6 is 0 Å². The highest BCUT2D eigenvalue weighted by Crippen LogP contribution is 2.29. The van der Waals surface area contributed by atoms with Gasteiger partial charge in [-0.15, -0.1) is 0 Å².